The summed E-state index contributed by atoms with van der Waals surface area (Å²) in [7, 11) is 1.55. The molecule has 0 radical (unpaired) electrons. The molecule has 0 bridgehead atoms. The minimum Gasteiger partial charge on any atom is -0.497 e. The van der Waals surface area contributed by atoms with Crippen LogP contribution in [0.25, 0.3) is 11.0 Å². The highest BCUT2D eigenvalue weighted by atomic mass is 32.1. The third-order valence-corrected chi connectivity index (χ3v) is 3.86. The molecular weight excluding hydrogens is 381 g/mol. The molecule has 0 amide bonds. The molecule has 1 heterocycles. The van der Waals surface area contributed by atoms with Crippen LogP contribution in [0.3, 0.4) is 0 Å². The second-order valence-electron chi connectivity index (χ2n) is 5.50. The molecule has 0 atom stereocenters. The van der Waals surface area contributed by atoms with Crippen LogP contribution in [0.5, 0.6) is 5.75 Å². The van der Waals surface area contributed by atoms with Gasteiger partial charge in [0.25, 0.3) is 0 Å². The highest BCUT2D eigenvalue weighted by Gasteiger charge is 2.33. The molecule has 27 heavy (non-hydrogen) atoms. The molecule has 9 heteroatoms. The lowest BCUT2D eigenvalue weighted by atomic mass is 10.1. The van der Waals surface area contributed by atoms with Crippen molar-refractivity contribution in [3.05, 3.63) is 64.5 Å². The van der Waals surface area contributed by atoms with Crippen LogP contribution in [0.2, 0.25) is 0 Å². The molecule has 0 fully saturated rings. The molecule has 3 rings (SSSR count). The minimum atomic E-state index is -4.69. The van der Waals surface area contributed by atoms with Crippen LogP contribution in [0.15, 0.2) is 57.7 Å². The predicted molar refractivity (Wildman–Crippen MR) is 100 cm³/mol. The number of anilines is 2. The van der Waals surface area contributed by atoms with Crippen LogP contribution >= 0.6 is 12.2 Å². The van der Waals surface area contributed by atoms with Crippen molar-refractivity contribution in [2.24, 2.45) is 0 Å². The van der Waals surface area contributed by atoms with E-state index >= 15 is 0 Å². The monoisotopic (exact) mass is 394 g/mol. The van der Waals surface area contributed by atoms with Crippen molar-refractivity contribution in [3.63, 3.8) is 0 Å². The van der Waals surface area contributed by atoms with Gasteiger partial charge in [0.15, 0.2) is 5.11 Å². The third-order valence-electron chi connectivity index (χ3n) is 3.65. The molecule has 0 unspecified atom stereocenters. The van der Waals surface area contributed by atoms with Gasteiger partial charge in [-0.15, -0.1) is 0 Å². The van der Waals surface area contributed by atoms with Gasteiger partial charge in [0, 0.05) is 22.8 Å². The first kappa shape index (κ1) is 18.7. The Balaban J connectivity index is 1.85. The third kappa shape index (κ3) is 4.37. The molecule has 0 spiro atoms. The fourth-order valence-electron chi connectivity index (χ4n) is 2.44. The van der Waals surface area contributed by atoms with E-state index in [0.29, 0.717) is 23.2 Å². The second kappa shape index (κ2) is 7.28. The summed E-state index contributed by atoms with van der Waals surface area (Å²) in [6.07, 6.45) is -4.69. The van der Waals surface area contributed by atoms with Crippen molar-refractivity contribution >= 4 is 39.7 Å². The van der Waals surface area contributed by atoms with Crippen molar-refractivity contribution in [2.75, 3.05) is 17.7 Å². The molecule has 5 nitrogen and oxygen atoms in total. The number of alkyl halides is 3. The molecule has 0 aliphatic carbocycles. The van der Waals surface area contributed by atoms with Gasteiger partial charge in [-0.3, -0.25) is 0 Å². The van der Waals surface area contributed by atoms with Crippen LogP contribution < -0.4 is 21.0 Å². The van der Waals surface area contributed by atoms with Crippen LogP contribution in [0, 0.1) is 0 Å². The maximum atomic E-state index is 13.2. The largest absolute Gasteiger partial charge is 0.497 e. The zero-order valence-corrected chi connectivity index (χ0v) is 14.7. The summed E-state index contributed by atoms with van der Waals surface area (Å²) in [6.45, 7) is 0. The fraction of sp³-hybridized carbons (Fsp3) is 0.111. The van der Waals surface area contributed by atoms with E-state index in [1.165, 1.54) is 18.2 Å². The van der Waals surface area contributed by atoms with Gasteiger partial charge < -0.3 is 19.8 Å². The van der Waals surface area contributed by atoms with Gasteiger partial charge in [-0.2, -0.15) is 13.2 Å². The number of ether oxygens (including phenoxy) is 1. The Bertz CT molecular complexity index is 1050. The molecule has 3 aromatic rings. The Morgan fingerprint density at radius 2 is 1.67 bits per heavy atom. The standard InChI is InChI=1S/C18H13F3N2O3S/c1-25-12-5-2-10(3-6-12)22-17(27)23-11-4-7-15-13(8-11)14(18(19,20)21)9-16(24)26-15/h2-9H,1H3,(H2,22,23,27). The van der Waals surface area contributed by atoms with E-state index in [1.807, 2.05) is 0 Å². The van der Waals surface area contributed by atoms with Gasteiger partial charge in [-0.05, 0) is 54.7 Å². The number of hydrogen-bond acceptors (Lipinski definition) is 4. The Kier molecular flexibility index (Phi) is 5.04. The maximum absolute atomic E-state index is 13.2. The second-order valence-corrected chi connectivity index (χ2v) is 5.90. The summed E-state index contributed by atoms with van der Waals surface area (Å²) < 4.78 is 49.5. The topological polar surface area (TPSA) is 63.5 Å². The molecule has 0 saturated carbocycles. The molecule has 0 aliphatic rings. The van der Waals surface area contributed by atoms with E-state index in [9.17, 15) is 18.0 Å². The normalized spacial score (nSPS) is 11.3. The van der Waals surface area contributed by atoms with Crippen molar-refractivity contribution in [3.8, 4) is 5.75 Å². The highest BCUT2D eigenvalue weighted by Crippen LogP contribution is 2.34. The molecule has 2 N–H and O–H groups in total. The molecule has 1 aromatic heterocycles. The molecule has 140 valence electrons. The van der Waals surface area contributed by atoms with Crippen LogP contribution in [0.1, 0.15) is 5.56 Å². The van der Waals surface area contributed by atoms with Gasteiger partial charge in [0.2, 0.25) is 0 Å². The van der Waals surface area contributed by atoms with Gasteiger partial charge >= 0.3 is 11.8 Å². The van der Waals surface area contributed by atoms with E-state index in [2.05, 4.69) is 10.6 Å². The van der Waals surface area contributed by atoms with Crippen molar-refractivity contribution in [1.82, 2.24) is 0 Å². The number of halogens is 3. The lowest BCUT2D eigenvalue weighted by molar-refractivity contribution is -0.136. The van der Waals surface area contributed by atoms with Crippen molar-refractivity contribution in [2.45, 2.75) is 6.18 Å². The van der Waals surface area contributed by atoms with E-state index in [4.69, 9.17) is 21.4 Å². The summed E-state index contributed by atoms with van der Waals surface area (Å²) >= 11 is 5.18. The lowest BCUT2D eigenvalue weighted by Gasteiger charge is -2.13. The summed E-state index contributed by atoms with van der Waals surface area (Å²) in [5.74, 6) is 0.676. The van der Waals surface area contributed by atoms with E-state index < -0.39 is 17.4 Å². The van der Waals surface area contributed by atoms with E-state index in [-0.39, 0.29) is 16.1 Å². The summed E-state index contributed by atoms with van der Waals surface area (Å²) in [5.41, 5.74) is -1.29. The predicted octanol–water partition coefficient (Wildman–Crippen LogP) is 4.63. The Labute approximate surface area is 156 Å². The van der Waals surface area contributed by atoms with Gasteiger partial charge in [-0.25, -0.2) is 4.79 Å². The zero-order chi connectivity index (χ0) is 19.6. The summed E-state index contributed by atoms with van der Waals surface area (Å²) in [5, 5.41) is 5.67. The number of methoxy groups -OCH3 is 1. The number of nitrogens with one attached hydrogen (secondary N) is 2. The quantitative estimate of drug-likeness (QED) is 0.499. The first-order valence-electron chi connectivity index (χ1n) is 7.63. The number of fused-ring (bicyclic) bond motifs is 1. The summed E-state index contributed by atoms with van der Waals surface area (Å²) in [6, 6.07) is 11.4. The first-order valence-corrected chi connectivity index (χ1v) is 8.04. The zero-order valence-electron chi connectivity index (χ0n) is 13.9. The minimum absolute atomic E-state index is 0.158. The first-order chi connectivity index (χ1) is 12.8. The Hall–Kier alpha value is -3.07. The van der Waals surface area contributed by atoms with Gasteiger partial charge in [0.05, 0.1) is 12.7 Å². The maximum Gasteiger partial charge on any atom is 0.417 e. The molecule has 0 aliphatic heterocycles. The number of hydrogen-bond donors (Lipinski definition) is 2. The highest BCUT2D eigenvalue weighted by molar-refractivity contribution is 7.80. The summed E-state index contributed by atoms with van der Waals surface area (Å²) in [4.78, 5) is 11.3. The fourth-order valence-corrected chi connectivity index (χ4v) is 2.68. The SMILES string of the molecule is COc1ccc(NC(=S)Nc2ccc3oc(=O)cc(C(F)(F)F)c3c2)cc1. The van der Waals surface area contributed by atoms with Crippen molar-refractivity contribution in [1.29, 1.82) is 0 Å². The average molecular weight is 394 g/mol. The van der Waals surface area contributed by atoms with Gasteiger partial charge in [-0.1, -0.05) is 0 Å². The molecule has 2 aromatic carbocycles. The number of thiocarbonyl (C=S) groups is 1. The van der Waals surface area contributed by atoms with Crippen molar-refractivity contribution < 1.29 is 22.3 Å². The number of benzene rings is 2. The Morgan fingerprint density at radius 3 is 2.30 bits per heavy atom. The van der Waals surface area contributed by atoms with Crippen LogP contribution in [-0.4, -0.2) is 12.2 Å². The van der Waals surface area contributed by atoms with E-state index in [0.717, 1.165) is 0 Å². The number of rotatable bonds is 3. The smallest absolute Gasteiger partial charge is 0.417 e. The molecular formula is C18H13F3N2O3S. The Morgan fingerprint density at radius 1 is 1.04 bits per heavy atom. The lowest BCUT2D eigenvalue weighted by Crippen LogP contribution is -2.19. The van der Waals surface area contributed by atoms with E-state index in [1.54, 1.807) is 31.4 Å². The molecule has 0 saturated heterocycles. The van der Waals surface area contributed by atoms with Gasteiger partial charge in [0.1, 0.15) is 11.3 Å². The average Bonchev–Trinajstić information content (AvgIpc) is 2.61. The van der Waals surface area contributed by atoms with Crippen LogP contribution in [0.4, 0.5) is 24.5 Å². The van der Waals surface area contributed by atoms with Crippen LogP contribution in [-0.2, 0) is 6.18 Å².